The first-order valence-electron chi connectivity index (χ1n) is 10.7. The fraction of sp³-hybridized carbons (Fsp3) is 0.160. The van der Waals surface area contributed by atoms with E-state index in [0.717, 1.165) is 24.5 Å². The van der Waals surface area contributed by atoms with Crippen LogP contribution in [0.5, 0.6) is 11.5 Å². The molecule has 0 radical (unpaired) electrons. The summed E-state index contributed by atoms with van der Waals surface area (Å²) in [4.78, 5) is 23.0. The Balaban J connectivity index is 1.46. The van der Waals surface area contributed by atoms with Gasteiger partial charge in [0.2, 0.25) is 5.91 Å². The van der Waals surface area contributed by atoms with Crippen LogP contribution in [0.25, 0.3) is 6.08 Å². The number of amidine groups is 1. The number of aliphatic imine (C=N–C) groups is 1. The lowest BCUT2D eigenvalue weighted by Gasteiger charge is -2.14. The van der Waals surface area contributed by atoms with E-state index in [9.17, 15) is 22.4 Å². The molecule has 0 spiro atoms. The Hall–Kier alpha value is -3.92. The molecule has 1 N–H and O–H groups in total. The number of amides is 1. The molecule has 1 amide bonds. The van der Waals surface area contributed by atoms with E-state index in [0.29, 0.717) is 46.5 Å². The van der Waals surface area contributed by atoms with Crippen molar-refractivity contribution in [1.82, 2.24) is 9.88 Å². The predicted octanol–water partition coefficient (Wildman–Crippen LogP) is 6.03. The molecule has 0 bridgehead atoms. The highest BCUT2D eigenvalue weighted by molar-refractivity contribution is 6.32. The van der Waals surface area contributed by atoms with Crippen LogP contribution < -0.4 is 10.1 Å². The van der Waals surface area contributed by atoms with Crippen molar-refractivity contribution in [3.8, 4) is 11.5 Å². The van der Waals surface area contributed by atoms with E-state index in [1.165, 1.54) is 6.08 Å². The van der Waals surface area contributed by atoms with Gasteiger partial charge in [0, 0.05) is 37.6 Å². The molecular weight excluding hydrogens is 500 g/mol. The van der Waals surface area contributed by atoms with Crippen molar-refractivity contribution in [1.29, 1.82) is 0 Å². The lowest BCUT2D eigenvalue weighted by molar-refractivity contribution is -0.140. The monoisotopic (exact) mass is 518 g/mol. The number of anilines is 1. The molecule has 1 aliphatic rings. The highest BCUT2D eigenvalue weighted by Crippen LogP contribution is 2.33. The summed E-state index contributed by atoms with van der Waals surface area (Å²) in [5, 5.41) is 2.61. The molecule has 11 heteroatoms. The number of pyridine rings is 1. The minimum atomic E-state index is -4.88. The number of hydrogen-bond donors (Lipinski definition) is 1. The van der Waals surface area contributed by atoms with Gasteiger partial charge in [-0.25, -0.2) is 4.39 Å². The number of benzene rings is 2. The molecule has 2 heterocycles. The number of aromatic nitrogens is 1. The van der Waals surface area contributed by atoms with Crippen LogP contribution in [0.4, 0.5) is 23.2 Å². The van der Waals surface area contributed by atoms with Crippen LogP contribution >= 0.6 is 11.6 Å². The zero-order chi connectivity index (χ0) is 25.9. The van der Waals surface area contributed by atoms with Gasteiger partial charge in [0.15, 0.2) is 0 Å². The second-order valence-electron chi connectivity index (χ2n) is 7.81. The van der Waals surface area contributed by atoms with Gasteiger partial charge >= 0.3 is 6.18 Å². The van der Waals surface area contributed by atoms with Crippen molar-refractivity contribution in [2.75, 3.05) is 25.5 Å². The molecule has 1 aromatic heterocycles. The van der Waals surface area contributed by atoms with Crippen LogP contribution in [0.3, 0.4) is 0 Å². The summed E-state index contributed by atoms with van der Waals surface area (Å²) >= 11 is 6.27. The number of nitrogens with zero attached hydrogens (tertiary/aromatic N) is 3. The molecule has 0 saturated carbocycles. The minimum absolute atomic E-state index is 0.190. The second-order valence-corrected chi connectivity index (χ2v) is 8.22. The SMILES string of the molecule is CN1CCN=C1c1cc(Oc2cc(C=CC(=O)Nc3ccc(F)c(C(F)(F)F)c3)ccc2Cl)ccn1. The molecule has 186 valence electrons. The van der Waals surface area contributed by atoms with E-state index in [1.54, 1.807) is 36.5 Å². The zero-order valence-corrected chi connectivity index (χ0v) is 19.6. The minimum Gasteiger partial charge on any atom is -0.456 e. The largest absolute Gasteiger partial charge is 0.456 e. The first-order valence-corrected chi connectivity index (χ1v) is 11.0. The fourth-order valence-electron chi connectivity index (χ4n) is 3.41. The number of rotatable bonds is 6. The third kappa shape index (κ3) is 6.01. The third-order valence-corrected chi connectivity index (χ3v) is 5.48. The average molecular weight is 519 g/mol. The summed E-state index contributed by atoms with van der Waals surface area (Å²) in [5.74, 6) is -0.550. The lowest BCUT2D eigenvalue weighted by atomic mass is 10.1. The molecular formula is C25H19ClF4N4O2. The van der Waals surface area contributed by atoms with Gasteiger partial charge in [0.05, 0.1) is 17.1 Å². The summed E-state index contributed by atoms with van der Waals surface area (Å²) in [7, 11) is 1.93. The standard InChI is InChI=1S/C25H19ClF4N4O2/c1-34-11-10-32-24(34)21-14-17(8-9-31-21)36-22-12-15(2-5-19(22)26)3-7-23(35)33-16-4-6-20(27)18(13-16)25(28,29)30/h2-9,12-14H,10-11H2,1H3,(H,33,35). The molecule has 36 heavy (non-hydrogen) atoms. The summed E-state index contributed by atoms with van der Waals surface area (Å²) in [6, 6.07) is 10.5. The maximum Gasteiger partial charge on any atom is 0.419 e. The van der Waals surface area contributed by atoms with Crippen LogP contribution in [0.15, 0.2) is 65.8 Å². The van der Waals surface area contributed by atoms with E-state index in [2.05, 4.69) is 15.3 Å². The Bertz CT molecular complexity index is 1360. The number of nitrogens with one attached hydrogen (secondary N) is 1. The smallest absolute Gasteiger partial charge is 0.419 e. The molecule has 4 rings (SSSR count). The Labute approximate surface area is 208 Å². The van der Waals surface area contributed by atoms with Gasteiger partial charge < -0.3 is 15.0 Å². The van der Waals surface area contributed by atoms with Crippen LogP contribution in [0.1, 0.15) is 16.8 Å². The van der Waals surface area contributed by atoms with E-state index in [-0.39, 0.29) is 5.69 Å². The normalized spacial score (nSPS) is 13.7. The summed E-state index contributed by atoms with van der Waals surface area (Å²) in [6.45, 7) is 1.50. The van der Waals surface area contributed by atoms with Crippen LogP contribution in [-0.2, 0) is 11.0 Å². The fourth-order valence-corrected chi connectivity index (χ4v) is 3.57. The first-order chi connectivity index (χ1) is 17.1. The Morgan fingerprint density at radius 1 is 1.17 bits per heavy atom. The van der Waals surface area contributed by atoms with E-state index in [1.807, 2.05) is 11.9 Å². The van der Waals surface area contributed by atoms with Crippen molar-refractivity contribution in [2.24, 2.45) is 4.99 Å². The second kappa shape index (κ2) is 10.4. The number of hydrogen-bond acceptors (Lipinski definition) is 5. The highest BCUT2D eigenvalue weighted by Gasteiger charge is 2.34. The van der Waals surface area contributed by atoms with Gasteiger partial charge in [-0.05, 0) is 48.0 Å². The van der Waals surface area contributed by atoms with Gasteiger partial charge in [-0.3, -0.25) is 14.8 Å². The molecule has 3 aromatic rings. The molecule has 2 aromatic carbocycles. The number of ether oxygens (including phenoxy) is 1. The summed E-state index contributed by atoms with van der Waals surface area (Å²) < 4.78 is 58.0. The van der Waals surface area contributed by atoms with Crippen molar-refractivity contribution >= 4 is 35.1 Å². The van der Waals surface area contributed by atoms with Gasteiger partial charge in [-0.15, -0.1) is 0 Å². The number of carbonyl (C=O) groups excluding carboxylic acids is 1. The molecule has 6 nitrogen and oxygen atoms in total. The Morgan fingerprint density at radius 2 is 1.97 bits per heavy atom. The molecule has 1 aliphatic heterocycles. The zero-order valence-electron chi connectivity index (χ0n) is 18.8. The van der Waals surface area contributed by atoms with Crippen molar-refractivity contribution in [2.45, 2.75) is 6.18 Å². The van der Waals surface area contributed by atoms with Gasteiger partial charge in [0.1, 0.15) is 28.8 Å². The first kappa shape index (κ1) is 25.2. The Morgan fingerprint density at radius 3 is 2.69 bits per heavy atom. The number of likely N-dealkylation sites (N-methyl/N-ethyl adjacent to an activating group) is 1. The highest BCUT2D eigenvalue weighted by atomic mass is 35.5. The topological polar surface area (TPSA) is 66.8 Å². The predicted molar refractivity (Wildman–Crippen MR) is 129 cm³/mol. The van der Waals surface area contributed by atoms with Gasteiger partial charge in [-0.1, -0.05) is 17.7 Å². The molecule has 0 saturated heterocycles. The molecule has 0 atom stereocenters. The third-order valence-electron chi connectivity index (χ3n) is 5.17. The van der Waals surface area contributed by atoms with Crippen molar-refractivity contribution in [3.05, 3.63) is 88.5 Å². The van der Waals surface area contributed by atoms with E-state index in [4.69, 9.17) is 16.3 Å². The van der Waals surface area contributed by atoms with Crippen molar-refractivity contribution in [3.63, 3.8) is 0 Å². The van der Waals surface area contributed by atoms with E-state index < -0.39 is 23.5 Å². The van der Waals surface area contributed by atoms with Crippen molar-refractivity contribution < 1.29 is 27.1 Å². The average Bonchev–Trinajstić information content (AvgIpc) is 3.26. The van der Waals surface area contributed by atoms with Crippen LogP contribution in [0, 0.1) is 5.82 Å². The summed E-state index contributed by atoms with van der Waals surface area (Å²) in [5.41, 5.74) is -0.446. The lowest BCUT2D eigenvalue weighted by Crippen LogP contribution is -2.24. The van der Waals surface area contributed by atoms with Crippen LogP contribution in [-0.4, -0.2) is 41.8 Å². The molecule has 0 fully saturated rings. The maximum absolute atomic E-state index is 13.4. The van der Waals surface area contributed by atoms with Crippen LogP contribution in [0.2, 0.25) is 5.02 Å². The Kier molecular flexibility index (Phi) is 7.25. The molecule has 0 unspecified atom stereocenters. The molecule has 0 aliphatic carbocycles. The number of halogens is 5. The van der Waals surface area contributed by atoms with Gasteiger partial charge in [-0.2, -0.15) is 13.2 Å². The van der Waals surface area contributed by atoms with E-state index >= 15 is 0 Å². The van der Waals surface area contributed by atoms with Gasteiger partial charge in [0.25, 0.3) is 0 Å². The number of carbonyl (C=O) groups is 1. The quantitative estimate of drug-likeness (QED) is 0.320. The maximum atomic E-state index is 13.4. The number of alkyl halides is 3. The summed E-state index contributed by atoms with van der Waals surface area (Å²) in [6.07, 6.45) is -0.716.